The van der Waals surface area contributed by atoms with E-state index in [4.69, 9.17) is 5.73 Å². The van der Waals surface area contributed by atoms with Crippen LogP contribution in [0.3, 0.4) is 0 Å². The van der Waals surface area contributed by atoms with Crippen LogP contribution in [-0.2, 0) is 4.79 Å². The maximum atomic E-state index is 12.9. The Morgan fingerprint density at radius 1 is 1.23 bits per heavy atom. The fraction of sp³-hybridized carbons (Fsp3) is 0.550. The van der Waals surface area contributed by atoms with Crippen LogP contribution < -0.4 is 5.73 Å². The molecule has 0 aromatic carbocycles. The van der Waals surface area contributed by atoms with Gasteiger partial charge in [0.2, 0.25) is 5.91 Å². The van der Waals surface area contributed by atoms with E-state index in [1.165, 1.54) is 23.9 Å². The molecule has 2 N–H and O–H groups in total. The highest BCUT2D eigenvalue weighted by molar-refractivity contribution is 8.00. The molecule has 1 aromatic rings. The van der Waals surface area contributed by atoms with E-state index in [0.29, 0.717) is 16.6 Å². The van der Waals surface area contributed by atoms with Gasteiger partial charge in [0.05, 0.1) is 11.3 Å². The molecule has 2 aliphatic carbocycles. The quantitative estimate of drug-likeness (QED) is 0.772. The molecule has 26 heavy (non-hydrogen) atoms. The number of hydrogen-bond acceptors (Lipinski definition) is 4. The zero-order valence-corrected chi connectivity index (χ0v) is 16.6. The average Bonchev–Trinajstić information content (AvgIpc) is 3.43. The van der Waals surface area contributed by atoms with E-state index in [1.54, 1.807) is 0 Å². The molecular weight excluding hydrogens is 346 g/mol. The van der Waals surface area contributed by atoms with Crippen molar-refractivity contribution in [2.24, 2.45) is 5.73 Å². The Labute approximate surface area is 159 Å². The molecule has 0 atom stereocenters. The van der Waals surface area contributed by atoms with Crippen LogP contribution in [0.2, 0.25) is 0 Å². The highest BCUT2D eigenvalue weighted by Crippen LogP contribution is 2.35. The summed E-state index contributed by atoms with van der Waals surface area (Å²) in [5, 5.41) is 0.569. The molecule has 5 nitrogen and oxygen atoms in total. The molecule has 0 radical (unpaired) electrons. The van der Waals surface area contributed by atoms with Crippen LogP contribution in [0.15, 0.2) is 16.8 Å². The van der Waals surface area contributed by atoms with Gasteiger partial charge in [0.25, 0.3) is 5.91 Å². The molecule has 0 spiro atoms. The lowest BCUT2D eigenvalue weighted by Crippen LogP contribution is -2.34. The van der Waals surface area contributed by atoms with Gasteiger partial charge < -0.3 is 10.6 Å². The first-order valence-corrected chi connectivity index (χ1v) is 10.3. The summed E-state index contributed by atoms with van der Waals surface area (Å²) in [5.41, 5.74) is 9.91. The topological polar surface area (TPSA) is 76.3 Å². The number of aryl methyl sites for hydroxylation is 1. The number of hydrogen-bond donors (Lipinski definition) is 1. The number of rotatable bonds is 6. The molecule has 0 unspecified atom stereocenters. The highest BCUT2D eigenvalue weighted by Gasteiger charge is 2.35. The molecular formula is C20H27N3O2S. The van der Waals surface area contributed by atoms with Crippen LogP contribution >= 0.6 is 11.8 Å². The summed E-state index contributed by atoms with van der Waals surface area (Å²) in [6, 6.07) is 0.359. The third-order valence-corrected chi connectivity index (χ3v) is 6.26. The maximum absolute atomic E-state index is 12.9. The van der Waals surface area contributed by atoms with E-state index in [0.717, 1.165) is 48.9 Å². The van der Waals surface area contributed by atoms with Gasteiger partial charge in [-0.15, -0.1) is 0 Å². The predicted octanol–water partition coefficient (Wildman–Crippen LogP) is 3.65. The van der Waals surface area contributed by atoms with Crippen molar-refractivity contribution in [2.75, 3.05) is 5.75 Å². The van der Waals surface area contributed by atoms with Crippen molar-refractivity contribution in [3.8, 4) is 0 Å². The van der Waals surface area contributed by atoms with E-state index in [-0.39, 0.29) is 11.7 Å². The number of thioether (sulfide) groups is 1. The highest BCUT2D eigenvalue weighted by atomic mass is 32.2. The standard InChI is InChI=1S/C20H27N3O2S/c1-12-13(2)18(19(21)25)20(22-14(12)3)26-11-17(24)23(16-9-10-16)15-7-5-4-6-8-15/h7,16H,4-6,8-11H2,1-3H3,(H2,21,25). The van der Waals surface area contributed by atoms with Gasteiger partial charge in [-0.3, -0.25) is 9.59 Å². The minimum Gasteiger partial charge on any atom is -0.366 e. The third kappa shape index (κ3) is 3.95. The number of primary amides is 1. The molecule has 1 saturated carbocycles. The molecule has 1 fully saturated rings. The lowest BCUT2D eigenvalue weighted by molar-refractivity contribution is -0.127. The number of nitrogens with zero attached hydrogens (tertiary/aromatic N) is 2. The maximum Gasteiger partial charge on any atom is 0.251 e. The SMILES string of the molecule is Cc1nc(SCC(=O)N(C2=CCCCC2)C2CC2)c(C(N)=O)c(C)c1C. The number of aromatic nitrogens is 1. The molecule has 2 aliphatic rings. The molecule has 6 heteroatoms. The monoisotopic (exact) mass is 373 g/mol. The second kappa shape index (κ2) is 7.82. The fourth-order valence-corrected chi connectivity index (χ4v) is 4.48. The van der Waals surface area contributed by atoms with Gasteiger partial charge in [-0.1, -0.05) is 17.8 Å². The summed E-state index contributed by atoms with van der Waals surface area (Å²) >= 11 is 1.33. The number of carbonyl (C=O) groups is 2. The minimum atomic E-state index is -0.484. The Morgan fingerprint density at radius 3 is 2.54 bits per heavy atom. The lowest BCUT2D eigenvalue weighted by Gasteiger charge is -2.27. The summed E-state index contributed by atoms with van der Waals surface area (Å²) in [5.74, 6) is -0.0934. The number of carbonyl (C=O) groups excluding carboxylic acids is 2. The molecule has 3 rings (SSSR count). The van der Waals surface area contributed by atoms with Crippen molar-refractivity contribution in [1.82, 2.24) is 9.88 Å². The summed E-state index contributed by atoms with van der Waals surface area (Å²) in [6.45, 7) is 5.75. The Hall–Kier alpha value is -1.82. The first-order valence-electron chi connectivity index (χ1n) is 9.31. The van der Waals surface area contributed by atoms with E-state index in [1.807, 2.05) is 25.7 Å². The van der Waals surface area contributed by atoms with Crippen LogP contribution in [0.4, 0.5) is 0 Å². The zero-order chi connectivity index (χ0) is 18.8. The molecule has 0 aliphatic heterocycles. The minimum absolute atomic E-state index is 0.110. The Balaban J connectivity index is 1.78. The van der Waals surface area contributed by atoms with Crippen LogP contribution in [0.1, 0.15) is 65.7 Å². The van der Waals surface area contributed by atoms with Crippen molar-refractivity contribution < 1.29 is 9.59 Å². The molecule has 1 heterocycles. The van der Waals surface area contributed by atoms with Gasteiger partial charge in [-0.2, -0.15) is 0 Å². The van der Waals surface area contributed by atoms with Gasteiger partial charge in [-0.05, 0) is 70.4 Å². The predicted molar refractivity (Wildman–Crippen MR) is 104 cm³/mol. The number of nitrogens with two attached hydrogens (primary N) is 1. The fourth-order valence-electron chi connectivity index (χ4n) is 3.48. The Kier molecular flexibility index (Phi) is 5.70. The van der Waals surface area contributed by atoms with E-state index in [2.05, 4.69) is 11.1 Å². The normalized spacial score (nSPS) is 17.0. The van der Waals surface area contributed by atoms with Crippen molar-refractivity contribution in [1.29, 1.82) is 0 Å². The van der Waals surface area contributed by atoms with Gasteiger partial charge in [0.15, 0.2) is 0 Å². The largest absolute Gasteiger partial charge is 0.366 e. The van der Waals surface area contributed by atoms with E-state index < -0.39 is 5.91 Å². The Bertz CT molecular complexity index is 769. The van der Waals surface area contributed by atoms with Gasteiger partial charge in [-0.25, -0.2) is 4.98 Å². The van der Waals surface area contributed by atoms with Crippen LogP contribution in [0.5, 0.6) is 0 Å². The zero-order valence-electron chi connectivity index (χ0n) is 15.8. The Morgan fingerprint density at radius 2 is 1.96 bits per heavy atom. The van der Waals surface area contributed by atoms with E-state index in [9.17, 15) is 9.59 Å². The summed E-state index contributed by atoms with van der Waals surface area (Å²) < 4.78 is 0. The second-order valence-corrected chi connectivity index (χ2v) is 8.18. The second-order valence-electron chi connectivity index (χ2n) is 7.22. The van der Waals surface area contributed by atoms with Gasteiger partial charge in [0.1, 0.15) is 5.03 Å². The van der Waals surface area contributed by atoms with Gasteiger partial charge in [0, 0.05) is 17.4 Å². The molecule has 2 amide bonds. The van der Waals surface area contributed by atoms with Crippen molar-refractivity contribution in [3.63, 3.8) is 0 Å². The van der Waals surface area contributed by atoms with Crippen molar-refractivity contribution in [2.45, 2.75) is 70.4 Å². The van der Waals surface area contributed by atoms with Crippen LogP contribution in [0, 0.1) is 20.8 Å². The van der Waals surface area contributed by atoms with Crippen molar-refractivity contribution in [3.05, 3.63) is 34.2 Å². The van der Waals surface area contributed by atoms with Gasteiger partial charge >= 0.3 is 0 Å². The van der Waals surface area contributed by atoms with E-state index >= 15 is 0 Å². The lowest BCUT2D eigenvalue weighted by atomic mass is 10.0. The molecule has 140 valence electrons. The molecule has 0 saturated heterocycles. The summed E-state index contributed by atoms with van der Waals surface area (Å²) in [4.78, 5) is 31.4. The number of allylic oxidation sites excluding steroid dienone is 2. The number of pyridine rings is 1. The molecule has 0 bridgehead atoms. The first-order chi connectivity index (χ1) is 12.4. The van der Waals surface area contributed by atoms with Crippen LogP contribution in [0.25, 0.3) is 0 Å². The number of amides is 2. The summed E-state index contributed by atoms with van der Waals surface area (Å²) in [6.07, 6.45) is 8.79. The first kappa shape index (κ1) is 19.0. The van der Waals surface area contributed by atoms with Crippen LogP contribution in [-0.4, -0.2) is 33.5 Å². The smallest absolute Gasteiger partial charge is 0.251 e. The third-order valence-electron chi connectivity index (χ3n) is 5.30. The summed E-state index contributed by atoms with van der Waals surface area (Å²) in [7, 11) is 0. The van der Waals surface area contributed by atoms with Crippen molar-refractivity contribution >= 4 is 23.6 Å². The molecule has 1 aromatic heterocycles. The average molecular weight is 374 g/mol.